The van der Waals surface area contributed by atoms with Crippen LogP contribution in [0.5, 0.6) is 0 Å². The summed E-state index contributed by atoms with van der Waals surface area (Å²) in [6.07, 6.45) is -0.109. The number of nitrogens with zero attached hydrogens (tertiary/aromatic N) is 1. The minimum absolute atomic E-state index is 0.0260. The molecule has 3 aromatic carbocycles. The molecule has 2 atom stereocenters. The average molecular weight is 500 g/mol. The Bertz CT molecular complexity index is 1190. The monoisotopic (exact) mass is 499 g/mol. The van der Waals surface area contributed by atoms with Crippen molar-refractivity contribution in [2.24, 2.45) is 5.92 Å². The molecule has 4 rings (SSSR count). The molecule has 1 saturated heterocycles. The number of benzene rings is 3. The molecule has 1 aliphatic heterocycles. The van der Waals surface area contributed by atoms with Crippen molar-refractivity contribution in [3.05, 3.63) is 108 Å². The molecule has 0 saturated carbocycles. The first-order valence-corrected chi connectivity index (χ1v) is 12.1. The predicted molar refractivity (Wildman–Crippen MR) is 137 cm³/mol. The van der Waals surface area contributed by atoms with Gasteiger partial charge in [-0.15, -0.1) is 0 Å². The summed E-state index contributed by atoms with van der Waals surface area (Å²) in [4.78, 5) is 50.7. The molecule has 1 heterocycles. The van der Waals surface area contributed by atoms with Gasteiger partial charge in [-0.25, -0.2) is 0 Å². The molecule has 1 aliphatic rings. The fourth-order valence-corrected chi connectivity index (χ4v) is 4.32. The van der Waals surface area contributed by atoms with Gasteiger partial charge in [-0.05, 0) is 23.6 Å². The Morgan fingerprint density at radius 3 is 1.92 bits per heavy atom. The van der Waals surface area contributed by atoms with Gasteiger partial charge in [-0.2, -0.15) is 0 Å². The number of amides is 3. The Morgan fingerprint density at radius 2 is 1.38 bits per heavy atom. The third-order valence-corrected chi connectivity index (χ3v) is 6.25. The van der Waals surface area contributed by atoms with E-state index in [0.29, 0.717) is 0 Å². The third-order valence-electron chi connectivity index (χ3n) is 6.25. The number of ether oxygens (including phenoxy) is 1. The minimum Gasteiger partial charge on any atom is -0.455 e. The van der Waals surface area contributed by atoms with E-state index in [4.69, 9.17) is 4.74 Å². The summed E-state index contributed by atoms with van der Waals surface area (Å²) in [5.41, 5.74) is 5.17. The van der Waals surface area contributed by atoms with Crippen molar-refractivity contribution >= 4 is 23.7 Å². The molecule has 1 fully saturated rings. The van der Waals surface area contributed by atoms with Crippen LogP contribution in [0.1, 0.15) is 42.0 Å². The fourth-order valence-electron chi connectivity index (χ4n) is 4.32. The van der Waals surface area contributed by atoms with Gasteiger partial charge in [0.05, 0.1) is 24.4 Å². The smallest absolute Gasteiger partial charge is 0.311 e. The van der Waals surface area contributed by atoms with Crippen molar-refractivity contribution in [2.75, 3.05) is 13.2 Å². The highest BCUT2D eigenvalue weighted by Crippen LogP contribution is 2.26. The Morgan fingerprint density at radius 1 is 0.865 bits per heavy atom. The SMILES string of the molecule is C[C@H](NC(=O)COC(=O)[C@H]1CC(=O)N(NC(=O)C(c2ccccc2)c2ccccc2)C1)c1ccccc1. The Kier molecular flexibility index (Phi) is 8.30. The second kappa shape index (κ2) is 12.0. The second-order valence-corrected chi connectivity index (χ2v) is 8.94. The highest BCUT2D eigenvalue weighted by atomic mass is 16.5. The van der Waals surface area contributed by atoms with E-state index in [9.17, 15) is 19.2 Å². The molecule has 0 spiro atoms. The van der Waals surface area contributed by atoms with E-state index in [1.807, 2.05) is 97.9 Å². The van der Waals surface area contributed by atoms with Crippen molar-refractivity contribution in [2.45, 2.75) is 25.3 Å². The third kappa shape index (κ3) is 6.61. The first kappa shape index (κ1) is 25.6. The van der Waals surface area contributed by atoms with Crippen LogP contribution >= 0.6 is 0 Å². The molecular formula is C29H29N3O5. The molecular weight excluding hydrogens is 470 g/mol. The minimum atomic E-state index is -0.779. The molecule has 0 aliphatic carbocycles. The molecule has 37 heavy (non-hydrogen) atoms. The molecule has 3 aromatic rings. The van der Waals surface area contributed by atoms with E-state index >= 15 is 0 Å². The summed E-state index contributed by atoms with van der Waals surface area (Å²) < 4.78 is 5.17. The number of carbonyl (C=O) groups excluding carboxylic acids is 4. The predicted octanol–water partition coefficient (Wildman–Crippen LogP) is 3.12. The standard InChI is InChI=1S/C29H29N3O5/c1-20(21-11-5-2-6-12-21)30-25(33)19-37-29(36)24-17-26(34)32(18-24)31-28(35)27(22-13-7-3-8-14-22)23-15-9-4-10-16-23/h2-16,20,24,27H,17-19H2,1H3,(H,30,33)(H,31,35)/t20-,24-/m0/s1. The normalized spacial score (nSPS) is 15.8. The molecule has 2 N–H and O–H groups in total. The average Bonchev–Trinajstić information content (AvgIpc) is 3.29. The van der Waals surface area contributed by atoms with Crippen LogP contribution in [-0.2, 0) is 23.9 Å². The van der Waals surface area contributed by atoms with Gasteiger partial charge in [0.2, 0.25) is 5.91 Å². The van der Waals surface area contributed by atoms with Gasteiger partial charge in [0.25, 0.3) is 11.8 Å². The summed E-state index contributed by atoms with van der Waals surface area (Å²) in [6.45, 7) is 1.36. The van der Waals surface area contributed by atoms with E-state index in [2.05, 4.69) is 10.7 Å². The van der Waals surface area contributed by atoms with Crippen LogP contribution in [0.3, 0.4) is 0 Å². The first-order valence-electron chi connectivity index (χ1n) is 12.1. The van der Waals surface area contributed by atoms with Crippen molar-refractivity contribution in [3.8, 4) is 0 Å². The van der Waals surface area contributed by atoms with Crippen LogP contribution in [0.25, 0.3) is 0 Å². The lowest BCUT2D eigenvalue weighted by Crippen LogP contribution is -2.45. The summed E-state index contributed by atoms with van der Waals surface area (Å²) in [7, 11) is 0. The zero-order chi connectivity index (χ0) is 26.2. The van der Waals surface area contributed by atoms with Crippen LogP contribution in [0.4, 0.5) is 0 Å². The lowest BCUT2D eigenvalue weighted by Gasteiger charge is -2.23. The fraction of sp³-hybridized carbons (Fsp3) is 0.241. The van der Waals surface area contributed by atoms with Gasteiger partial charge in [0.15, 0.2) is 6.61 Å². The van der Waals surface area contributed by atoms with Gasteiger partial charge < -0.3 is 10.1 Å². The van der Waals surface area contributed by atoms with E-state index in [0.717, 1.165) is 21.7 Å². The molecule has 0 bridgehead atoms. The Balaban J connectivity index is 1.32. The van der Waals surface area contributed by atoms with E-state index < -0.39 is 36.2 Å². The van der Waals surface area contributed by atoms with Gasteiger partial charge in [-0.3, -0.25) is 29.6 Å². The summed E-state index contributed by atoms with van der Waals surface area (Å²) in [5.74, 6) is -3.27. The maximum Gasteiger partial charge on any atom is 0.311 e. The lowest BCUT2D eigenvalue weighted by molar-refractivity contribution is -0.152. The Hall–Kier alpha value is -4.46. The molecule has 0 radical (unpaired) electrons. The van der Waals surface area contributed by atoms with E-state index in [-0.39, 0.29) is 24.9 Å². The summed E-state index contributed by atoms with van der Waals surface area (Å²) in [5, 5.41) is 3.94. The van der Waals surface area contributed by atoms with Crippen LogP contribution in [-0.4, -0.2) is 41.9 Å². The molecule has 8 nitrogen and oxygen atoms in total. The van der Waals surface area contributed by atoms with E-state index in [1.165, 1.54) is 0 Å². The molecule has 0 aromatic heterocycles. The van der Waals surface area contributed by atoms with E-state index in [1.54, 1.807) is 0 Å². The van der Waals surface area contributed by atoms with Crippen LogP contribution in [0.2, 0.25) is 0 Å². The summed E-state index contributed by atoms with van der Waals surface area (Å²) in [6, 6.07) is 27.7. The van der Waals surface area contributed by atoms with Crippen molar-refractivity contribution in [1.82, 2.24) is 15.8 Å². The summed E-state index contributed by atoms with van der Waals surface area (Å²) >= 11 is 0. The highest BCUT2D eigenvalue weighted by molar-refractivity contribution is 5.92. The first-order chi connectivity index (χ1) is 17.9. The largest absolute Gasteiger partial charge is 0.455 e. The number of rotatable bonds is 9. The molecule has 3 amide bonds. The van der Waals surface area contributed by atoms with Crippen LogP contribution in [0, 0.1) is 5.92 Å². The maximum atomic E-state index is 13.3. The van der Waals surface area contributed by atoms with Crippen LogP contribution < -0.4 is 10.7 Å². The van der Waals surface area contributed by atoms with Gasteiger partial charge in [0, 0.05) is 6.42 Å². The topological polar surface area (TPSA) is 105 Å². The molecule has 8 heteroatoms. The second-order valence-electron chi connectivity index (χ2n) is 8.94. The van der Waals surface area contributed by atoms with Gasteiger partial charge in [0.1, 0.15) is 0 Å². The van der Waals surface area contributed by atoms with Gasteiger partial charge in [-0.1, -0.05) is 91.0 Å². The van der Waals surface area contributed by atoms with Crippen molar-refractivity contribution in [3.63, 3.8) is 0 Å². The highest BCUT2D eigenvalue weighted by Gasteiger charge is 2.37. The number of hydrogen-bond acceptors (Lipinski definition) is 5. The zero-order valence-corrected chi connectivity index (χ0v) is 20.5. The van der Waals surface area contributed by atoms with Crippen LogP contribution in [0.15, 0.2) is 91.0 Å². The number of carbonyl (C=O) groups is 4. The molecule has 0 unspecified atom stereocenters. The maximum absolute atomic E-state index is 13.3. The molecule has 190 valence electrons. The lowest BCUT2D eigenvalue weighted by atomic mass is 9.91. The number of hydrazine groups is 1. The van der Waals surface area contributed by atoms with Crippen molar-refractivity contribution in [1.29, 1.82) is 0 Å². The quantitative estimate of drug-likeness (QED) is 0.440. The number of nitrogens with one attached hydrogen (secondary N) is 2. The zero-order valence-electron chi connectivity index (χ0n) is 20.5. The van der Waals surface area contributed by atoms with Gasteiger partial charge >= 0.3 is 5.97 Å². The Labute approximate surface area is 215 Å². The number of hydrogen-bond donors (Lipinski definition) is 2. The van der Waals surface area contributed by atoms with Crippen molar-refractivity contribution < 1.29 is 23.9 Å². The number of esters is 1.